The fourth-order valence-electron chi connectivity index (χ4n) is 4.14. The lowest BCUT2D eigenvalue weighted by atomic mass is 10.1. The summed E-state index contributed by atoms with van der Waals surface area (Å²) in [7, 11) is -3.62. The molecule has 2 N–H and O–H groups in total. The van der Waals surface area contributed by atoms with Gasteiger partial charge in [0.2, 0.25) is 10.0 Å². The average molecular weight is 457 g/mol. The first-order valence-electron chi connectivity index (χ1n) is 11.0. The van der Waals surface area contributed by atoms with Crippen molar-refractivity contribution in [2.75, 3.05) is 26.2 Å². The molecule has 2 aliphatic heterocycles. The number of likely N-dealkylation sites (tertiary alicyclic amines) is 1. The molecule has 32 heavy (non-hydrogen) atoms. The number of benzene rings is 2. The van der Waals surface area contributed by atoms with Crippen LogP contribution in [0.2, 0.25) is 0 Å². The Labute approximate surface area is 188 Å². The Morgan fingerprint density at radius 2 is 1.34 bits per heavy atom. The molecule has 0 radical (unpaired) electrons. The molecule has 0 spiro atoms. The summed E-state index contributed by atoms with van der Waals surface area (Å²) in [5.74, 6) is -1.01. The Morgan fingerprint density at radius 1 is 0.781 bits per heavy atom. The van der Waals surface area contributed by atoms with Gasteiger partial charge in [0.05, 0.1) is 4.90 Å². The molecular formula is C23H28N4O4S. The third-order valence-electron chi connectivity index (χ3n) is 5.88. The molecule has 0 aliphatic carbocycles. The zero-order valence-corrected chi connectivity index (χ0v) is 18.7. The summed E-state index contributed by atoms with van der Waals surface area (Å²) in [4.78, 5) is 27.5. The fraction of sp³-hybridized carbons (Fsp3) is 0.391. The number of sulfonamides is 1. The third-order valence-corrected chi connectivity index (χ3v) is 7.78. The molecule has 8 nitrogen and oxygen atoms in total. The minimum Gasteiger partial charge on any atom is -0.299 e. The quantitative estimate of drug-likeness (QED) is 0.649. The number of nitrogens with zero attached hydrogens (tertiary/aromatic N) is 2. The van der Waals surface area contributed by atoms with Crippen molar-refractivity contribution in [1.82, 2.24) is 20.1 Å². The van der Waals surface area contributed by atoms with E-state index in [0.29, 0.717) is 18.7 Å². The maximum absolute atomic E-state index is 12.7. The van der Waals surface area contributed by atoms with Crippen LogP contribution in [0.4, 0.5) is 0 Å². The number of amides is 2. The van der Waals surface area contributed by atoms with Crippen LogP contribution >= 0.6 is 0 Å². The number of carbonyl (C=O) groups is 2. The first-order chi connectivity index (χ1) is 15.4. The van der Waals surface area contributed by atoms with Crippen LogP contribution in [0.3, 0.4) is 0 Å². The Morgan fingerprint density at radius 3 is 2.00 bits per heavy atom. The van der Waals surface area contributed by atoms with Crippen molar-refractivity contribution in [3.05, 3.63) is 65.2 Å². The highest BCUT2D eigenvalue weighted by Gasteiger charge is 2.27. The summed E-state index contributed by atoms with van der Waals surface area (Å²) >= 11 is 0. The van der Waals surface area contributed by atoms with Crippen molar-refractivity contribution in [3.63, 3.8) is 0 Å². The molecule has 2 amide bonds. The summed E-state index contributed by atoms with van der Waals surface area (Å²) in [6.07, 6.45) is 4.08. The lowest BCUT2D eigenvalue weighted by Gasteiger charge is -2.16. The first kappa shape index (κ1) is 22.4. The van der Waals surface area contributed by atoms with Gasteiger partial charge in [0.25, 0.3) is 11.8 Å². The molecule has 2 saturated heterocycles. The number of hydrogen-bond acceptors (Lipinski definition) is 5. The summed E-state index contributed by atoms with van der Waals surface area (Å²) in [5.41, 5.74) is 6.46. The summed E-state index contributed by atoms with van der Waals surface area (Å²) in [6, 6.07) is 13.2. The van der Waals surface area contributed by atoms with E-state index in [-0.39, 0.29) is 10.5 Å². The number of rotatable bonds is 6. The van der Waals surface area contributed by atoms with Gasteiger partial charge in [-0.1, -0.05) is 18.2 Å². The topological polar surface area (TPSA) is 98.8 Å². The predicted octanol–water partition coefficient (Wildman–Crippen LogP) is 2.14. The molecule has 2 aliphatic rings. The number of carbonyl (C=O) groups excluding carboxylic acids is 2. The van der Waals surface area contributed by atoms with Crippen LogP contribution in [0.1, 0.15) is 52.0 Å². The van der Waals surface area contributed by atoms with Gasteiger partial charge in [0, 0.05) is 30.8 Å². The zero-order valence-electron chi connectivity index (χ0n) is 17.9. The van der Waals surface area contributed by atoms with Crippen LogP contribution in [0.5, 0.6) is 0 Å². The van der Waals surface area contributed by atoms with Gasteiger partial charge >= 0.3 is 0 Å². The van der Waals surface area contributed by atoms with Gasteiger partial charge < -0.3 is 0 Å². The van der Waals surface area contributed by atoms with E-state index in [1.54, 1.807) is 6.07 Å². The van der Waals surface area contributed by atoms with Crippen LogP contribution in [0, 0.1) is 0 Å². The molecule has 9 heteroatoms. The molecule has 2 aromatic carbocycles. The molecular weight excluding hydrogens is 428 g/mol. The van der Waals surface area contributed by atoms with Crippen molar-refractivity contribution < 1.29 is 18.0 Å². The second kappa shape index (κ2) is 9.81. The van der Waals surface area contributed by atoms with E-state index >= 15 is 0 Å². The summed E-state index contributed by atoms with van der Waals surface area (Å²) in [6.45, 7) is 3.92. The summed E-state index contributed by atoms with van der Waals surface area (Å²) in [5, 5.41) is 0. The first-order valence-corrected chi connectivity index (χ1v) is 12.4. The molecule has 0 bridgehead atoms. The largest absolute Gasteiger partial charge is 0.299 e. The number of hydrazine groups is 1. The smallest absolute Gasteiger partial charge is 0.269 e. The minimum absolute atomic E-state index is 0.0768. The second-order valence-electron chi connectivity index (χ2n) is 8.23. The van der Waals surface area contributed by atoms with Crippen LogP contribution in [-0.2, 0) is 16.6 Å². The SMILES string of the molecule is O=C(NNC(=O)c1cccc(S(=O)(=O)N2CCCC2)c1)c1cccc(CN2CCCC2)c1. The van der Waals surface area contributed by atoms with Gasteiger partial charge in [0.15, 0.2) is 0 Å². The van der Waals surface area contributed by atoms with Crippen LogP contribution < -0.4 is 10.9 Å². The highest BCUT2D eigenvalue weighted by atomic mass is 32.2. The maximum atomic E-state index is 12.7. The van der Waals surface area contributed by atoms with E-state index < -0.39 is 21.8 Å². The van der Waals surface area contributed by atoms with E-state index in [2.05, 4.69) is 15.8 Å². The Hall–Kier alpha value is -2.75. The predicted molar refractivity (Wildman–Crippen MR) is 120 cm³/mol. The zero-order chi connectivity index (χ0) is 22.6. The number of hydrogen-bond donors (Lipinski definition) is 2. The van der Waals surface area contributed by atoms with Gasteiger partial charge in [-0.3, -0.25) is 25.3 Å². The molecule has 2 fully saturated rings. The van der Waals surface area contributed by atoms with E-state index in [9.17, 15) is 18.0 Å². The number of nitrogens with one attached hydrogen (secondary N) is 2. The summed E-state index contributed by atoms with van der Waals surface area (Å²) < 4.78 is 26.9. The normalized spacial score (nSPS) is 17.4. The molecule has 0 atom stereocenters. The van der Waals surface area contributed by atoms with E-state index in [4.69, 9.17) is 0 Å². The van der Waals surface area contributed by atoms with E-state index in [1.807, 2.05) is 18.2 Å². The second-order valence-corrected chi connectivity index (χ2v) is 10.2. The van der Waals surface area contributed by atoms with Crippen LogP contribution in [0.25, 0.3) is 0 Å². The highest BCUT2D eigenvalue weighted by molar-refractivity contribution is 7.89. The van der Waals surface area contributed by atoms with E-state index in [1.165, 1.54) is 41.4 Å². The monoisotopic (exact) mass is 456 g/mol. The highest BCUT2D eigenvalue weighted by Crippen LogP contribution is 2.21. The average Bonchev–Trinajstić information content (AvgIpc) is 3.52. The molecule has 0 unspecified atom stereocenters. The van der Waals surface area contributed by atoms with Gasteiger partial charge in [-0.25, -0.2) is 8.42 Å². The van der Waals surface area contributed by atoms with Crippen molar-refractivity contribution in [1.29, 1.82) is 0 Å². The van der Waals surface area contributed by atoms with Gasteiger partial charge in [0.1, 0.15) is 0 Å². The maximum Gasteiger partial charge on any atom is 0.269 e. The van der Waals surface area contributed by atoms with Crippen molar-refractivity contribution in [3.8, 4) is 0 Å². The molecule has 0 aromatic heterocycles. The molecule has 170 valence electrons. The Bertz CT molecular complexity index is 1090. The van der Waals surface area contributed by atoms with Gasteiger partial charge in [-0.2, -0.15) is 4.31 Å². The molecule has 0 saturated carbocycles. The Balaban J connectivity index is 1.38. The lowest BCUT2D eigenvalue weighted by molar-refractivity contribution is 0.0846. The van der Waals surface area contributed by atoms with Crippen LogP contribution in [-0.4, -0.2) is 55.6 Å². The third kappa shape index (κ3) is 5.17. The molecule has 2 aromatic rings. The van der Waals surface area contributed by atoms with E-state index in [0.717, 1.165) is 38.0 Å². The van der Waals surface area contributed by atoms with Gasteiger partial charge in [-0.05, 0) is 74.7 Å². The fourth-order valence-corrected chi connectivity index (χ4v) is 5.71. The van der Waals surface area contributed by atoms with Crippen LogP contribution in [0.15, 0.2) is 53.4 Å². The minimum atomic E-state index is -3.62. The standard InChI is InChI=1S/C23H28N4O4S/c28-22(19-8-5-7-18(15-19)17-26-11-1-2-12-26)24-25-23(29)20-9-6-10-21(16-20)32(30,31)27-13-3-4-14-27/h5-10,15-16H,1-4,11-14,17H2,(H,24,28)(H,25,29). The van der Waals surface area contributed by atoms with Crippen molar-refractivity contribution >= 4 is 21.8 Å². The van der Waals surface area contributed by atoms with Gasteiger partial charge in [-0.15, -0.1) is 0 Å². The lowest BCUT2D eigenvalue weighted by Crippen LogP contribution is -2.41. The Kier molecular flexibility index (Phi) is 6.88. The molecule has 4 rings (SSSR count). The molecule has 2 heterocycles. The van der Waals surface area contributed by atoms with Crippen molar-refractivity contribution in [2.24, 2.45) is 0 Å². The van der Waals surface area contributed by atoms with Crippen molar-refractivity contribution in [2.45, 2.75) is 37.1 Å².